The second-order valence-electron chi connectivity index (χ2n) is 6.37. The number of nitrogens with zero attached hydrogens (tertiary/aromatic N) is 1. The number of amides is 1. The zero-order valence-corrected chi connectivity index (χ0v) is 15.3. The maximum Gasteiger partial charge on any atom is 0.317 e. The van der Waals surface area contributed by atoms with Crippen molar-refractivity contribution in [1.82, 2.24) is 0 Å². The maximum atomic E-state index is 12.6. The summed E-state index contributed by atoms with van der Waals surface area (Å²) in [5.74, 6) is -1.19. The molecule has 1 saturated carbocycles. The molecule has 0 saturated heterocycles. The van der Waals surface area contributed by atoms with Crippen LogP contribution in [-0.2, 0) is 10.2 Å². The summed E-state index contributed by atoms with van der Waals surface area (Å²) in [6.45, 7) is 1.93. The molecule has 2 aromatic carbocycles. The number of carbonyl (C=O) groups is 2. The van der Waals surface area contributed by atoms with Crippen LogP contribution >= 0.6 is 23.2 Å². The fourth-order valence-electron chi connectivity index (χ4n) is 3.02. The lowest BCUT2D eigenvalue weighted by molar-refractivity contribution is -0.140. The smallest absolute Gasteiger partial charge is 0.317 e. The van der Waals surface area contributed by atoms with E-state index in [9.17, 15) is 14.7 Å². The van der Waals surface area contributed by atoms with Crippen molar-refractivity contribution in [2.75, 3.05) is 11.9 Å². The molecule has 1 aliphatic carbocycles. The lowest BCUT2D eigenvalue weighted by Gasteiger charge is -2.19. The molecule has 6 heteroatoms. The summed E-state index contributed by atoms with van der Waals surface area (Å²) in [5, 5.41) is 9.50. The van der Waals surface area contributed by atoms with Gasteiger partial charge in [0.2, 0.25) is 0 Å². The van der Waals surface area contributed by atoms with Gasteiger partial charge in [-0.2, -0.15) is 0 Å². The van der Waals surface area contributed by atoms with E-state index < -0.39 is 15.7 Å². The van der Waals surface area contributed by atoms with E-state index >= 15 is 0 Å². The summed E-state index contributed by atoms with van der Waals surface area (Å²) in [5.41, 5.74) is 1.51. The highest BCUT2D eigenvalue weighted by Gasteiger charge is 2.72. The Hall–Kier alpha value is -2.04. The van der Waals surface area contributed by atoms with E-state index in [-0.39, 0.29) is 12.3 Å². The van der Waals surface area contributed by atoms with Crippen molar-refractivity contribution in [2.24, 2.45) is 0 Å². The molecule has 4 nitrogen and oxygen atoms in total. The predicted octanol–water partition coefficient (Wildman–Crippen LogP) is 4.17. The van der Waals surface area contributed by atoms with Gasteiger partial charge in [-0.3, -0.25) is 9.59 Å². The van der Waals surface area contributed by atoms with Gasteiger partial charge < -0.3 is 10.0 Å². The number of carboxylic acids is 1. The van der Waals surface area contributed by atoms with Crippen molar-refractivity contribution in [3.8, 4) is 0 Å². The zero-order valence-electron chi connectivity index (χ0n) is 13.8. The van der Waals surface area contributed by atoms with Gasteiger partial charge in [0, 0.05) is 24.7 Å². The highest BCUT2D eigenvalue weighted by Crippen LogP contribution is 2.65. The van der Waals surface area contributed by atoms with Gasteiger partial charge in [-0.25, -0.2) is 0 Å². The standard InChI is InChI=1S/C19H17Cl2NO3/c1-12-4-3-5-13(10-12)16(23)22(2)15-8-6-14(7-9-15)18(17(24)25)11-19(18,20)21/h3-10H,11H2,1-2H3,(H,24,25). The molecule has 0 bridgehead atoms. The van der Waals surface area contributed by atoms with Crippen LogP contribution in [0.1, 0.15) is 27.9 Å². The van der Waals surface area contributed by atoms with E-state index in [1.165, 1.54) is 4.90 Å². The van der Waals surface area contributed by atoms with Gasteiger partial charge in [0.25, 0.3) is 5.91 Å². The number of carbonyl (C=O) groups excluding carboxylic acids is 1. The number of halogens is 2. The first-order valence-corrected chi connectivity index (χ1v) is 8.51. The number of aliphatic carboxylic acids is 1. The predicted molar refractivity (Wildman–Crippen MR) is 98.7 cm³/mol. The molecule has 130 valence electrons. The van der Waals surface area contributed by atoms with Crippen LogP contribution in [0.3, 0.4) is 0 Å². The highest BCUT2D eigenvalue weighted by atomic mass is 35.5. The third-order valence-corrected chi connectivity index (χ3v) is 5.58. The van der Waals surface area contributed by atoms with E-state index in [0.717, 1.165) is 5.56 Å². The highest BCUT2D eigenvalue weighted by molar-refractivity contribution is 6.54. The Morgan fingerprint density at radius 2 is 1.72 bits per heavy atom. The van der Waals surface area contributed by atoms with E-state index in [1.807, 2.05) is 25.1 Å². The van der Waals surface area contributed by atoms with Crippen LogP contribution in [0.25, 0.3) is 0 Å². The Balaban J connectivity index is 1.85. The number of benzene rings is 2. The van der Waals surface area contributed by atoms with Crippen molar-refractivity contribution < 1.29 is 14.7 Å². The Morgan fingerprint density at radius 1 is 1.12 bits per heavy atom. The molecule has 0 spiro atoms. The Morgan fingerprint density at radius 3 is 2.20 bits per heavy atom. The zero-order chi connectivity index (χ0) is 18.4. The van der Waals surface area contributed by atoms with Crippen LogP contribution in [0.15, 0.2) is 48.5 Å². The second kappa shape index (κ2) is 6.04. The molecule has 1 aliphatic rings. The molecule has 0 aromatic heterocycles. The van der Waals surface area contributed by atoms with E-state index in [0.29, 0.717) is 16.8 Å². The van der Waals surface area contributed by atoms with Gasteiger partial charge >= 0.3 is 5.97 Å². The number of hydrogen-bond donors (Lipinski definition) is 1. The number of anilines is 1. The molecule has 0 aliphatic heterocycles. The minimum absolute atomic E-state index is 0.139. The van der Waals surface area contributed by atoms with Crippen LogP contribution in [0.5, 0.6) is 0 Å². The number of hydrogen-bond acceptors (Lipinski definition) is 2. The summed E-state index contributed by atoms with van der Waals surface area (Å²) in [7, 11) is 1.68. The van der Waals surface area contributed by atoms with Crippen LogP contribution in [-0.4, -0.2) is 28.4 Å². The van der Waals surface area contributed by atoms with Crippen molar-refractivity contribution in [1.29, 1.82) is 0 Å². The van der Waals surface area contributed by atoms with Crippen LogP contribution in [0.2, 0.25) is 0 Å². The molecule has 0 radical (unpaired) electrons. The number of rotatable bonds is 4. The third-order valence-electron chi connectivity index (χ3n) is 4.67. The van der Waals surface area contributed by atoms with Gasteiger partial charge in [0.15, 0.2) is 0 Å². The number of aryl methyl sites for hydroxylation is 1. The topological polar surface area (TPSA) is 57.6 Å². The molecular weight excluding hydrogens is 361 g/mol. The number of alkyl halides is 2. The van der Waals surface area contributed by atoms with Crippen LogP contribution in [0.4, 0.5) is 5.69 Å². The van der Waals surface area contributed by atoms with Gasteiger partial charge in [-0.1, -0.05) is 53.0 Å². The largest absolute Gasteiger partial charge is 0.480 e. The van der Waals surface area contributed by atoms with Crippen molar-refractivity contribution in [3.63, 3.8) is 0 Å². The average Bonchev–Trinajstić information content (AvgIpc) is 3.18. The molecular formula is C19H17Cl2NO3. The van der Waals surface area contributed by atoms with E-state index in [2.05, 4.69) is 0 Å². The molecule has 1 fully saturated rings. The Kier molecular flexibility index (Phi) is 4.30. The maximum absolute atomic E-state index is 12.6. The van der Waals surface area contributed by atoms with E-state index in [1.54, 1.807) is 37.4 Å². The van der Waals surface area contributed by atoms with Gasteiger partial charge in [-0.05, 0) is 36.8 Å². The monoisotopic (exact) mass is 377 g/mol. The van der Waals surface area contributed by atoms with Gasteiger partial charge in [0.05, 0.1) is 0 Å². The van der Waals surface area contributed by atoms with Gasteiger partial charge in [-0.15, -0.1) is 0 Å². The van der Waals surface area contributed by atoms with Crippen LogP contribution in [0, 0.1) is 6.92 Å². The first-order valence-electron chi connectivity index (χ1n) is 7.75. The SMILES string of the molecule is Cc1cccc(C(=O)N(C)c2ccc(C3(C(=O)O)CC3(Cl)Cl)cc2)c1. The molecule has 3 rings (SSSR count). The molecule has 1 atom stereocenters. The Bertz CT molecular complexity index is 848. The minimum atomic E-state index is -1.30. The van der Waals surface area contributed by atoms with Crippen LogP contribution < -0.4 is 4.90 Å². The van der Waals surface area contributed by atoms with Crippen molar-refractivity contribution in [2.45, 2.75) is 23.1 Å². The Labute approximate surface area is 156 Å². The fraction of sp³-hybridized carbons (Fsp3) is 0.263. The molecule has 1 amide bonds. The normalized spacial score (nSPS) is 20.8. The minimum Gasteiger partial charge on any atom is -0.480 e. The average molecular weight is 378 g/mol. The summed E-state index contributed by atoms with van der Waals surface area (Å²) < 4.78 is -1.30. The lowest BCUT2D eigenvalue weighted by atomic mass is 9.95. The van der Waals surface area contributed by atoms with E-state index in [4.69, 9.17) is 23.2 Å². The number of carboxylic acid groups (broad SMARTS) is 1. The quantitative estimate of drug-likeness (QED) is 0.813. The first-order chi connectivity index (χ1) is 11.7. The second-order valence-corrected chi connectivity index (χ2v) is 7.86. The molecule has 1 unspecified atom stereocenters. The summed E-state index contributed by atoms with van der Waals surface area (Å²) >= 11 is 12.1. The molecule has 0 heterocycles. The third kappa shape index (κ3) is 2.90. The van der Waals surface area contributed by atoms with Gasteiger partial charge in [0.1, 0.15) is 9.75 Å². The molecule has 25 heavy (non-hydrogen) atoms. The molecule has 2 aromatic rings. The lowest BCUT2D eigenvalue weighted by Crippen LogP contribution is -2.28. The fourth-order valence-corrected chi connectivity index (χ4v) is 3.80. The molecule has 1 N–H and O–H groups in total. The summed E-state index contributed by atoms with van der Waals surface area (Å²) in [4.78, 5) is 25.7. The van der Waals surface area contributed by atoms with Crippen molar-refractivity contribution >= 4 is 40.8 Å². The summed E-state index contributed by atoms with van der Waals surface area (Å²) in [6.07, 6.45) is 0.163. The summed E-state index contributed by atoms with van der Waals surface area (Å²) in [6, 6.07) is 14.1. The van der Waals surface area contributed by atoms with Crippen molar-refractivity contribution in [3.05, 3.63) is 65.2 Å². The first kappa shape index (κ1) is 17.8.